The number of esters is 2. The quantitative estimate of drug-likeness (QED) is 0.449. The molecule has 1 aromatic rings. The fourth-order valence-corrected chi connectivity index (χ4v) is 4.09. The molecular formula is C22H26O4. The molecule has 0 N–H and O–H groups in total. The standard InChI is InChI=1S/C22H26O4/c1-3-25-20(23)22(21(24)26-4-2)14-17-12-8-9-13-18(19(17)15-22)16-10-6-5-7-11-16/h5-8,10-12,17H,3-4,9,13-15H2,1-2H3. The van der Waals surface area contributed by atoms with Crippen LogP contribution in [-0.4, -0.2) is 25.2 Å². The Morgan fingerprint density at radius 3 is 2.35 bits per heavy atom. The Balaban J connectivity index is 2.06. The SMILES string of the molecule is CCOC(=O)C1(C(=O)OCC)CC2=C(c3ccccc3)CCC=CC2C1. The third kappa shape index (κ3) is 3.33. The van der Waals surface area contributed by atoms with Gasteiger partial charge in [0.2, 0.25) is 0 Å². The number of fused-ring (bicyclic) bond motifs is 1. The van der Waals surface area contributed by atoms with E-state index in [9.17, 15) is 9.59 Å². The van der Waals surface area contributed by atoms with Gasteiger partial charge in [-0.3, -0.25) is 9.59 Å². The number of benzene rings is 1. The Hall–Kier alpha value is -2.36. The van der Waals surface area contributed by atoms with Crippen molar-refractivity contribution in [3.05, 3.63) is 53.6 Å². The maximum Gasteiger partial charge on any atom is 0.323 e. The maximum absolute atomic E-state index is 12.8. The van der Waals surface area contributed by atoms with E-state index in [-0.39, 0.29) is 19.1 Å². The summed E-state index contributed by atoms with van der Waals surface area (Å²) in [7, 11) is 0. The topological polar surface area (TPSA) is 52.6 Å². The molecule has 1 atom stereocenters. The highest BCUT2D eigenvalue weighted by Crippen LogP contribution is 2.51. The molecule has 1 aromatic carbocycles. The molecule has 4 heteroatoms. The summed E-state index contributed by atoms with van der Waals surface area (Å²) in [6.07, 6.45) is 6.99. The summed E-state index contributed by atoms with van der Waals surface area (Å²) in [5.74, 6) is -0.846. The van der Waals surface area contributed by atoms with E-state index < -0.39 is 17.4 Å². The molecule has 1 fully saturated rings. The molecule has 1 unspecified atom stereocenters. The first-order valence-electron chi connectivity index (χ1n) is 9.40. The van der Waals surface area contributed by atoms with Crippen molar-refractivity contribution in [2.24, 2.45) is 11.3 Å². The van der Waals surface area contributed by atoms with Crippen LogP contribution in [0.15, 0.2) is 48.1 Å². The number of hydrogen-bond donors (Lipinski definition) is 0. The van der Waals surface area contributed by atoms with Crippen molar-refractivity contribution in [1.82, 2.24) is 0 Å². The van der Waals surface area contributed by atoms with Crippen molar-refractivity contribution < 1.29 is 19.1 Å². The summed E-state index contributed by atoms with van der Waals surface area (Å²) in [5.41, 5.74) is 2.36. The number of carbonyl (C=O) groups excluding carboxylic acids is 2. The van der Waals surface area contributed by atoms with E-state index >= 15 is 0 Å². The van der Waals surface area contributed by atoms with Crippen LogP contribution in [0.4, 0.5) is 0 Å². The second kappa shape index (κ2) is 7.90. The zero-order valence-corrected chi connectivity index (χ0v) is 15.5. The van der Waals surface area contributed by atoms with Gasteiger partial charge in [-0.15, -0.1) is 0 Å². The third-order valence-electron chi connectivity index (χ3n) is 5.28. The lowest BCUT2D eigenvalue weighted by atomic mass is 9.84. The van der Waals surface area contributed by atoms with Crippen LogP contribution in [0, 0.1) is 11.3 Å². The number of carbonyl (C=O) groups is 2. The van der Waals surface area contributed by atoms with Crippen LogP contribution < -0.4 is 0 Å². The van der Waals surface area contributed by atoms with Crippen LogP contribution >= 0.6 is 0 Å². The Kier molecular flexibility index (Phi) is 5.60. The third-order valence-corrected chi connectivity index (χ3v) is 5.28. The van der Waals surface area contributed by atoms with Crippen molar-refractivity contribution in [3.63, 3.8) is 0 Å². The molecule has 138 valence electrons. The van der Waals surface area contributed by atoms with E-state index in [0.29, 0.717) is 12.8 Å². The zero-order valence-electron chi connectivity index (χ0n) is 15.5. The van der Waals surface area contributed by atoms with Gasteiger partial charge in [0.05, 0.1) is 13.2 Å². The van der Waals surface area contributed by atoms with Gasteiger partial charge in [-0.25, -0.2) is 0 Å². The molecule has 2 aliphatic rings. The smallest absolute Gasteiger partial charge is 0.323 e. The van der Waals surface area contributed by atoms with Crippen molar-refractivity contribution in [3.8, 4) is 0 Å². The minimum absolute atomic E-state index is 0.0709. The molecule has 0 saturated heterocycles. The van der Waals surface area contributed by atoms with Gasteiger partial charge in [0.1, 0.15) is 0 Å². The van der Waals surface area contributed by atoms with Gasteiger partial charge in [0, 0.05) is 5.92 Å². The lowest BCUT2D eigenvalue weighted by Crippen LogP contribution is -2.40. The highest BCUT2D eigenvalue weighted by molar-refractivity contribution is 6.01. The monoisotopic (exact) mass is 354 g/mol. The van der Waals surface area contributed by atoms with Crippen molar-refractivity contribution in [2.45, 2.75) is 39.5 Å². The predicted octanol–water partition coefficient (Wildman–Crippen LogP) is 4.31. The Morgan fingerprint density at radius 2 is 1.73 bits per heavy atom. The number of allylic oxidation sites excluding steroid dienone is 4. The number of rotatable bonds is 5. The lowest BCUT2D eigenvalue weighted by molar-refractivity contribution is -0.171. The van der Waals surface area contributed by atoms with Gasteiger partial charge in [-0.1, -0.05) is 48.1 Å². The van der Waals surface area contributed by atoms with E-state index in [0.717, 1.165) is 12.8 Å². The van der Waals surface area contributed by atoms with Crippen LogP contribution in [0.5, 0.6) is 0 Å². The fraction of sp³-hybridized carbons (Fsp3) is 0.455. The molecule has 0 radical (unpaired) electrons. The van der Waals surface area contributed by atoms with E-state index in [1.54, 1.807) is 13.8 Å². The van der Waals surface area contributed by atoms with Gasteiger partial charge in [-0.2, -0.15) is 0 Å². The highest BCUT2D eigenvalue weighted by atomic mass is 16.6. The highest BCUT2D eigenvalue weighted by Gasteiger charge is 2.56. The second-order valence-electron chi connectivity index (χ2n) is 6.85. The van der Waals surface area contributed by atoms with Crippen LogP contribution in [0.1, 0.15) is 45.1 Å². The molecule has 0 heterocycles. The van der Waals surface area contributed by atoms with Gasteiger partial charge >= 0.3 is 11.9 Å². The minimum atomic E-state index is -1.23. The fourth-order valence-electron chi connectivity index (χ4n) is 4.09. The largest absolute Gasteiger partial charge is 0.465 e. The summed E-state index contributed by atoms with van der Waals surface area (Å²) >= 11 is 0. The molecule has 0 aromatic heterocycles. The van der Waals surface area contributed by atoms with E-state index in [1.807, 2.05) is 18.2 Å². The summed E-state index contributed by atoms with van der Waals surface area (Å²) in [6, 6.07) is 10.2. The normalized spacial score (nSPS) is 21.1. The van der Waals surface area contributed by atoms with Crippen molar-refractivity contribution in [1.29, 1.82) is 0 Å². The molecule has 0 bridgehead atoms. The molecule has 0 aliphatic heterocycles. The summed E-state index contributed by atoms with van der Waals surface area (Å²) < 4.78 is 10.6. The van der Waals surface area contributed by atoms with E-state index in [4.69, 9.17) is 9.47 Å². The van der Waals surface area contributed by atoms with Crippen LogP contribution in [0.2, 0.25) is 0 Å². The van der Waals surface area contributed by atoms with Crippen LogP contribution in [-0.2, 0) is 19.1 Å². The summed E-state index contributed by atoms with van der Waals surface area (Å²) in [6.45, 7) is 4.03. The maximum atomic E-state index is 12.8. The second-order valence-corrected chi connectivity index (χ2v) is 6.85. The molecule has 1 saturated carbocycles. The predicted molar refractivity (Wildman–Crippen MR) is 100 cm³/mol. The van der Waals surface area contributed by atoms with Crippen molar-refractivity contribution in [2.75, 3.05) is 13.2 Å². The van der Waals surface area contributed by atoms with E-state index in [2.05, 4.69) is 24.3 Å². The van der Waals surface area contributed by atoms with Gasteiger partial charge in [0.25, 0.3) is 0 Å². The minimum Gasteiger partial charge on any atom is -0.465 e. The van der Waals surface area contributed by atoms with Gasteiger partial charge < -0.3 is 9.47 Å². The zero-order chi connectivity index (χ0) is 18.6. The van der Waals surface area contributed by atoms with Gasteiger partial charge in [0.15, 0.2) is 5.41 Å². The van der Waals surface area contributed by atoms with Crippen molar-refractivity contribution >= 4 is 17.5 Å². The molecular weight excluding hydrogens is 328 g/mol. The molecule has 4 nitrogen and oxygen atoms in total. The first-order valence-corrected chi connectivity index (χ1v) is 9.40. The number of ether oxygens (including phenoxy) is 2. The summed E-state index contributed by atoms with van der Waals surface area (Å²) in [4.78, 5) is 25.6. The molecule has 0 amide bonds. The molecule has 3 rings (SSSR count). The molecule has 26 heavy (non-hydrogen) atoms. The number of hydrogen-bond acceptors (Lipinski definition) is 4. The van der Waals surface area contributed by atoms with Crippen LogP contribution in [0.25, 0.3) is 5.57 Å². The first kappa shape index (κ1) is 18.4. The average Bonchev–Trinajstić information content (AvgIpc) is 2.93. The Labute approximate surface area is 154 Å². The van der Waals surface area contributed by atoms with Gasteiger partial charge in [-0.05, 0) is 50.7 Å². The molecule has 0 spiro atoms. The Bertz CT molecular complexity index is 712. The van der Waals surface area contributed by atoms with Crippen LogP contribution in [0.3, 0.4) is 0 Å². The molecule has 2 aliphatic carbocycles. The Morgan fingerprint density at radius 1 is 1.08 bits per heavy atom. The van der Waals surface area contributed by atoms with E-state index in [1.165, 1.54) is 16.7 Å². The average molecular weight is 354 g/mol. The summed E-state index contributed by atoms with van der Waals surface area (Å²) in [5, 5.41) is 0. The first-order chi connectivity index (χ1) is 12.6. The lowest BCUT2D eigenvalue weighted by Gasteiger charge is -2.24.